The Hall–Kier alpha value is -1.47. The van der Waals surface area contributed by atoms with E-state index in [9.17, 15) is 25.2 Å². The van der Waals surface area contributed by atoms with Gasteiger partial charge in [-0.05, 0) is 57.8 Å². The van der Waals surface area contributed by atoms with Gasteiger partial charge in [0.05, 0.1) is 18.8 Å². The van der Waals surface area contributed by atoms with E-state index in [4.69, 9.17) is 0 Å². The van der Waals surface area contributed by atoms with Crippen LogP contribution in [0.1, 0.15) is 206 Å². The molecule has 0 aromatic carbocycles. The van der Waals surface area contributed by atoms with Crippen LogP contribution in [0.3, 0.4) is 0 Å². The monoisotopic (exact) mass is 706 g/mol. The number of allylic oxidation sites excluding steroid dienone is 6. The van der Waals surface area contributed by atoms with Gasteiger partial charge in [0.15, 0.2) is 0 Å². The van der Waals surface area contributed by atoms with Gasteiger partial charge < -0.3 is 25.7 Å². The smallest absolute Gasteiger partial charge is 0.249 e. The van der Waals surface area contributed by atoms with Crippen molar-refractivity contribution < 1.29 is 25.2 Å². The van der Waals surface area contributed by atoms with E-state index < -0.39 is 36.9 Å². The van der Waals surface area contributed by atoms with E-state index in [1.54, 1.807) is 0 Å². The Morgan fingerprint density at radius 2 is 0.840 bits per heavy atom. The van der Waals surface area contributed by atoms with Gasteiger partial charge in [0.1, 0.15) is 12.2 Å². The van der Waals surface area contributed by atoms with Crippen molar-refractivity contribution in [3.63, 3.8) is 0 Å². The molecule has 6 heteroatoms. The maximum Gasteiger partial charge on any atom is 0.249 e. The van der Waals surface area contributed by atoms with Gasteiger partial charge >= 0.3 is 0 Å². The lowest BCUT2D eigenvalue weighted by Gasteiger charge is -2.27. The molecule has 0 heterocycles. The summed E-state index contributed by atoms with van der Waals surface area (Å²) in [5, 5.41) is 43.6. The molecule has 0 bridgehead atoms. The zero-order valence-corrected chi connectivity index (χ0v) is 32.9. The van der Waals surface area contributed by atoms with Gasteiger partial charge in [-0.1, -0.05) is 185 Å². The second kappa shape index (κ2) is 38.8. The molecule has 294 valence electrons. The van der Waals surface area contributed by atoms with E-state index in [2.05, 4.69) is 55.6 Å². The predicted octanol–water partition coefficient (Wildman–Crippen LogP) is 11.0. The van der Waals surface area contributed by atoms with Crippen LogP contribution in [0.15, 0.2) is 36.5 Å². The van der Waals surface area contributed by atoms with E-state index >= 15 is 0 Å². The first-order valence-corrected chi connectivity index (χ1v) is 21.4. The molecular formula is C44H83NO5. The molecule has 6 nitrogen and oxygen atoms in total. The summed E-state index contributed by atoms with van der Waals surface area (Å²) in [5.41, 5.74) is 0. The molecule has 0 aliphatic carbocycles. The summed E-state index contributed by atoms with van der Waals surface area (Å²) < 4.78 is 0. The molecule has 4 unspecified atom stereocenters. The SMILES string of the molecule is CCCC/C=C/CC/C=C/CC/C=C/CCCC(O)C(O)C(CO)NC(=O)C(O)CCCCCCCCCCCCCCCCCCCCC. The number of amides is 1. The number of carbonyl (C=O) groups excluding carboxylic acids is 1. The third-order valence-electron chi connectivity index (χ3n) is 9.81. The van der Waals surface area contributed by atoms with Crippen molar-refractivity contribution in [2.75, 3.05) is 6.61 Å². The number of hydrogen-bond acceptors (Lipinski definition) is 5. The zero-order valence-electron chi connectivity index (χ0n) is 32.9. The third-order valence-corrected chi connectivity index (χ3v) is 9.81. The van der Waals surface area contributed by atoms with E-state index in [1.807, 2.05) is 0 Å². The number of aliphatic hydroxyl groups is 4. The molecule has 1 amide bonds. The first-order chi connectivity index (χ1) is 24.5. The predicted molar refractivity (Wildman–Crippen MR) is 214 cm³/mol. The van der Waals surface area contributed by atoms with Crippen LogP contribution < -0.4 is 5.32 Å². The highest BCUT2D eigenvalue weighted by Crippen LogP contribution is 2.16. The fourth-order valence-corrected chi connectivity index (χ4v) is 6.36. The molecule has 4 atom stereocenters. The van der Waals surface area contributed by atoms with Crippen molar-refractivity contribution in [1.82, 2.24) is 5.32 Å². The first kappa shape index (κ1) is 48.5. The molecule has 0 aromatic heterocycles. The van der Waals surface area contributed by atoms with Crippen molar-refractivity contribution in [3.05, 3.63) is 36.5 Å². The van der Waals surface area contributed by atoms with Crippen LogP contribution in [0.5, 0.6) is 0 Å². The number of nitrogens with one attached hydrogen (secondary N) is 1. The van der Waals surface area contributed by atoms with Crippen LogP contribution in [0.2, 0.25) is 0 Å². The Morgan fingerprint density at radius 1 is 0.480 bits per heavy atom. The summed E-state index contributed by atoms with van der Waals surface area (Å²) >= 11 is 0. The summed E-state index contributed by atoms with van der Waals surface area (Å²) in [4.78, 5) is 12.5. The molecule has 0 saturated carbocycles. The van der Waals surface area contributed by atoms with E-state index in [1.165, 1.54) is 122 Å². The van der Waals surface area contributed by atoms with Crippen molar-refractivity contribution in [2.24, 2.45) is 0 Å². The Bertz CT molecular complexity index is 797. The van der Waals surface area contributed by atoms with Crippen LogP contribution >= 0.6 is 0 Å². The second-order valence-corrected chi connectivity index (χ2v) is 14.7. The zero-order chi connectivity index (χ0) is 36.8. The lowest BCUT2D eigenvalue weighted by molar-refractivity contribution is -0.132. The highest BCUT2D eigenvalue weighted by atomic mass is 16.3. The molecule has 0 saturated heterocycles. The van der Waals surface area contributed by atoms with Crippen molar-refractivity contribution in [3.8, 4) is 0 Å². The molecular weight excluding hydrogens is 622 g/mol. The number of rotatable bonds is 38. The normalized spacial score (nSPS) is 14.6. The topological polar surface area (TPSA) is 110 Å². The summed E-state index contributed by atoms with van der Waals surface area (Å²) in [7, 11) is 0. The molecule has 0 radical (unpaired) electrons. The van der Waals surface area contributed by atoms with Crippen LogP contribution in [0.4, 0.5) is 0 Å². The fraction of sp³-hybridized carbons (Fsp3) is 0.841. The number of unbranched alkanes of at least 4 members (excludes halogenated alkanes) is 23. The number of hydrogen-bond donors (Lipinski definition) is 5. The van der Waals surface area contributed by atoms with Gasteiger partial charge in [-0.15, -0.1) is 0 Å². The van der Waals surface area contributed by atoms with E-state index in [-0.39, 0.29) is 0 Å². The lowest BCUT2D eigenvalue weighted by Crippen LogP contribution is -2.53. The molecule has 0 rings (SSSR count). The average molecular weight is 706 g/mol. The maximum absolute atomic E-state index is 12.5. The van der Waals surface area contributed by atoms with Crippen molar-refractivity contribution in [1.29, 1.82) is 0 Å². The molecule has 50 heavy (non-hydrogen) atoms. The molecule has 0 spiro atoms. The van der Waals surface area contributed by atoms with Gasteiger partial charge in [-0.25, -0.2) is 0 Å². The summed E-state index contributed by atoms with van der Waals surface area (Å²) in [6.45, 7) is 3.99. The van der Waals surface area contributed by atoms with Gasteiger partial charge in [-0.3, -0.25) is 4.79 Å². The summed E-state index contributed by atoms with van der Waals surface area (Å²) in [6.07, 6.45) is 44.6. The molecule has 0 aromatic rings. The second-order valence-electron chi connectivity index (χ2n) is 14.7. The lowest BCUT2D eigenvalue weighted by atomic mass is 10.00. The van der Waals surface area contributed by atoms with Crippen LogP contribution in [-0.4, -0.2) is 57.3 Å². The van der Waals surface area contributed by atoms with Gasteiger partial charge in [-0.2, -0.15) is 0 Å². The quantitative estimate of drug-likeness (QED) is 0.0324. The van der Waals surface area contributed by atoms with Crippen LogP contribution in [-0.2, 0) is 4.79 Å². The van der Waals surface area contributed by atoms with Gasteiger partial charge in [0, 0.05) is 0 Å². The van der Waals surface area contributed by atoms with Crippen molar-refractivity contribution in [2.45, 2.75) is 231 Å². The Balaban J connectivity index is 3.80. The average Bonchev–Trinajstić information content (AvgIpc) is 3.12. The fourth-order valence-electron chi connectivity index (χ4n) is 6.36. The summed E-state index contributed by atoms with van der Waals surface area (Å²) in [6, 6.07) is -1.01. The minimum absolute atomic E-state index is 0.361. The maximum atomic E-state index is 12.5. The van der Waals surface area contributed by atoms with Gasteiger partial charge in [0.2, 0.25) is 5.91 Å². The standard InChI is InChI=1S/C44H83NO5/c1-3-5-7-9-11-13-15-17-19-20-21-22-24-26-28-30-32-34-36-38-42(48)44(50)45-40(39-46)43(49)41(47)37-35-33-31-29-27-25-23-18-16-14-12-10-8-6-4-2/h10,12,18,23,29,31,40-43,46-49H,3-9,11,13-17,19-22,24-28,30,32-39H2,1-2H3,(H,45,50)/b12-10+,23-18+,31-29+. The minimum atomic E-state index is -1.29. The highest BCUT2D eigenvalue weighted by Gasteiger charge is 2.28. The molecule has 0 aliphatic rings. The van der Waals surface area contributed by atoms with Crippen LogP contribution in [0, 0.1) is 0 Å². The molecule has 5 N–H and O–H groups in total. The number of aliphatic hydroxyl groups excluding tert-OH is 4. The Labute approximate surface area is 309 Å². The Morgan fingerprint density at radius 3 is 1.24 bits per heavy atom. The largest absolute Gasteiger partial charge is 0.394 e. The van der Waals surface area contributed by atoms with E-state index in [0.29, 0.717) is 19.3 Å². The van der Waals surface area contributed by atoms with Crippen LogP contribution in [0.25, 0.3) is 0 Å². The summed E-state index contributed by atoms with van der Waals surface area (Å²) in [5.74, 6) is -0.599. The molecule has 0 aliphatic heterocycles. The van der Waals surface area contributed by atoms with Gasteiger partial charge in [0.25, 0.3) is 0 Å². The Kier molecular flexibility index (Phi) is 37.6. The minimum Gasteiger partial charge on any atom is -0.394 e. The molecule has 0 fully saturated rings. The number of carbonyl (C=O) groups is 1. The third kappa shape index (κ3) is 32.4. The van der Waals surface area contributed by atoms with Crippen molar-refractivity contribution >= 4 is 5.91 Å². The highest BCUT2D eigenvalue weighted by molar-refractivity contribution is 5.80. The first-order valence-electron chi connectivity index (χ1n) is 21.4. The van der Waals surface area contributed by atoms with E-state index in [0.717, 1.165) is 51.4 Å².